The second-order valence-electron chi connectivity index (χ2n) is 1.71. The Labute approximate surface area is 53.7 Å². The smallest absolute Gasteiger partial charge is 0.236 e. The number of hydrogen-bond donors (Lipinski definition) is 0. The molecule has 0 fully saturated rings. The molecule has 0 bridgehead atoms. The molecule has 0 saturated carbocycles. The quantitative estimate of drug-likeness (QED) is 0.387. The van der Waals surface area contributed by atoms with Crippen LogP contribution in [0.3, 0.4) is 0 Å². The molecular weight excluding hydrogens is 114 g/mol. The fourth-order valence-electron chi connectivity index (χ4n) is 0.589. The van der Waals surface area contributed by atoms with Crippen molar-refractivity contribution in [3.8, 4) is 0 Å². The zero-order valence-corrected chi connectivity index (χ0v) is 5.28. The molecule has 3 nitrogen and oxygen atoms in total. The van der Waals surface area contributed by atoms with Crippen molar-refractivity contribution in [1.82, 2.24) is 4.98 Å². The normalized spacial score (nSPS) is 9.00. The number of nitrogens with zero attached hydrogens (tertiary/aromatic N) is 3. The molecule has 0 aliphatic heterocycles. The molecule has 0 atom stereocenters. The molecule has 0 aliphatic rings. The van der Waals surface area contributed by atoms with Crippen LogP contribution in [0.1, 0.15) is 0 Å². The number of hydrogen-bond acceptors (Lipinski definition) is 2. The van der Waals surface area contributed by atoms with Gasteiger partial charge >= 0.3 is 0 Å². The Morgan fingerprint density at radius 2 is 2.56 bits per heavy atom. The van der Waals surface area contributed by atoms with Crippen molar-refractivity contribution in [2.24, 2.45) is 12.0 Å². The third-order valence-corrected chi connectivity index (χ3v) is 1.07. The van der Waals surface area contributed by atoms with E-state index in [1.165, 1.54) is 0 Å². The van der Waals surface area contributed by atoms with E-state index in [9.17, 15) is 0 Å². The average Bonchev–Trinajstić information content (AvgIpc) is 1.89. The minimum absolute atomic E-state index is 0.824. The van der Waals surface area contributed by atoms with E-state index in [4.69, 9.17) is 0 Å². The summed E-state index contributed by atoms with van der Waals surface area (Å²) in [6, 6.07) is 1.80. The molecule has 0 saturated heterocycles. The standard InChI is InChI=1S/C6H8N3/c1-7-6-3-4-8-5-9(6)2/h3-5H,1H2,2H3/q+1. The van der Waals surface area contributed by atoms with Crippen molar-refractivity contribution in [3.63, 3.8) is 0 Å². The molecule has 3 heteroatoms. The van der Waals surface area contributed by atoms with E-state index in [1.807, 2.05) is 7.05 Å². The SMILES string of the molecule is C=Nc1ccnc[n+]1C. The van der Waals surface area contributed by atoms with Crippen molar-refractivity contribution in [1.29, 1.82) is 0 Å². The van der Waals surface area contributed by atoms with Gasteiger partial charge in [0.15, 0.2) is 0 Å². The van der Waals surface area contributed by atoms with Crippen molar-refractivity contribution in [2.75, 3.05) is 0 Å². The molecule has 0 aliphatic carbocycles. The summed E-state index contributed by atoms with van der Waals surface area (Å²) in [5.74, 6) is 0.824. The van der Waals surface area contributed by atoms with Crippen LogP contribution in [-0.2, 0) is 7.05 Å². The Morgan fingerprint density at radius 3 is 3.00 bits per heavy atom. The molecule has 0 spiro atoms. The molecule has 46 valence electrons. The Morgan fingerprint density at radius 1 is 1.78 bits per heavy atom. The van der Waals surface area contributed by atoms with Gasteiger partial charge in [0.05, 0.1) is 13.8 Å². The van der Waals surface area contributed by atoms with E-state index in [1.54, 1.807) is 23.2 Å². The van der Waals surface area contributed by atoms with E-state index >= 15 is 0 Å². The second kappa shape index (κ2) is 2.35. The van der Waals surface area contributed by atoms with Crippen LogP contribution in [0.4, 0.5) is 5.82 Å². The first kappa shape index (κ1) is 5.88. The summed E-state index contributed by atoms with van der Waals surface area (Å²) in [5.41, 5.74) is 0. The highest BCUT2D eigenvalue weighted by atomic mass is 15.1. The van der Waals surface area contributed by atoms with Crippen LogP contribution in [0.15, 0.2) is 23.6 Å². The average molecular weight is 122 g/mol. The summed E-state index contributed by atoms with van der Waals surface area (Å²) in [6.07, 6.45) is 3.37. The lowest BCUT2D eigenvalue weighted by Gasteiger charge is -1.88. The second-order valence-corrected chi connectivity index (χ2v) is 1.71. The third kappa shape index (κ3) is 1.10. The Bertz CT molecular complexity index is 219. The zero-order valence-electron chi connectivity index (χ0n) is 5.28. The van der Waals surface area contributed by atoms with Gasteiger partial charge in [0, 0.05) is 6.07 Å². The predicted octanol–water partition coefficient (Wildman–Crippen LogP) is 0.238. The van der Waals surface area contributed by atoms with Gasteiger partial charge in [-0.25, -0.2) is 4.57 Å². The predicted molar refractivity (Wildman–Crippen MR) is 34.6 cm³/mol. The molecular formula is C6H8N3+. The minimum atomic E-state index is 0.824. The molecule has 0 amide bonds. The van der Waals surface area contributed by atoms with Crippen molar-refractivity contribution < 1.29 is 4.57 Å². The highest BCUT2D eigenvalue weighted by Gasteiger charge is 1.95. The first-order valence-corrected chi connectivity index (χ1v) is 2.61. The third-order valence-electron chi connectivity index (χ3n) is 1.07. The van der Waals surface area contributed by atoms with Crippen molar-refractivity contribution >= 4 is 12.5 Å². The summed E-state index contributed by atoms with van der Waals surface area (Å²) < 4.78 is 1.80. The lowest BCUT2D eigenvalue weighted by molar-refractivity contribution is -0.661. The molecule has 1 rings (SSSR count). The van der Waals surface area contributed by atoms with E-state index in [0.29, 0.717) is 0 Å². The summed E-state index contributed by atoms with van der Waals surface area (Å²) >= 11 is 0. The highest BCUT2D eigenvalue weighted by Crippen LogP contribution is 1.96. The molecule has 1 aromatic heterocycles. The largest absolute Gasteiger partial charge is 0.264 e. The summed E-state index contributed by atoms with van der Waals surface area (Å²) in [4.78, 5) is 7.61. The Hall–Kier alpha value is -1.25. The van der Waals surface area contributed by atoms with Gasteiger partial charge in [-0.15, -0.1) is 9.98 Å². The summed E-state index contributed by atoms with van der Waals surface area (Å²) in [6.45, 7) is 3.39. The monoisotopic (exact) mass is 122 g/mol. The van der Waals surface area contributed by atoms with Crippen LogP contribution < -0.4 is 4.57 Å². The first-order chi connectivity index (χ1) is 4.34. The van der Waals surface area contributed by atoms with E-state index in [0.717, 1.165) is 5.82 Å². The molecule has 0 unspecified atom stereocenters. The van der Waals surface area contributed by atoms with Gasteiger partial charge in [-0.2, -0.15) is 0 Å². The summed E-state index contributed by atoms with van der Waals surface area (Å²) in [5, 5.41) is 0. The van der Waals surface area contributed by atoms with E-state index < -0.39 is 0 Å². The van der Waals surface area contributed by atoms with Gasteiger partial charge in [-0.3, -0.25) is 0 Å². The fourth-order valence-corrected chi connectivity index (χ4v) is 0.589. The van der Waals surface area contributed by atoms with Gasteiger partial charge in [-0.1, -0.05) is 0 Å². The first-order valence-electron chi connectivity index (χ1n) is 2.61. The molecule has 1 aromatic rings. The minimum Gasteiger partial charge on any atom is -0.236 e. The number of aliphatic imine (C=N–C) groups is 1. The van der Waals surface area contributed by atoms with Crippen LogP contribution in [-0.4, -0.2) is 11.7 Å². The Balaban J connectivity index is 3.15. The van der Waals surface area contributed by atoms with Crippen molar-refractivity contribution in [3.05, 3.63) is 18.6 Å². The van der Waals surface area contributed by atoms with Crippen LogP contribution in [0.5, 0.6) is 0 Å². The van der Waals surface area contributed by atoms with E-state index in [2.05, 4.69) is 16.7 Å². The van der Waals surface area contributed by atoms with Gasteiger partial charge < -0.3 is 0 Å². The molecule has 0 aromatic carbocycles. The van der Waals surface area contributed by atoms with Gasteiger partial charge in [0.25, 0.3) is 5.82 Å². The molecule has 0 N–H and O–H groups in total. The molecule has 9 heavy (non-hydrogen) atoms. The van der Waals surface area contributed by atoms with Crippen molar-refractivity contribution in [2.45, 2.75) is 0 Å². The van der Waals surface area contributed by atoms with Crippen LogP contribution in [0.25, 0.3) is 0 Å². The maximum Gasteiger partial charge on any atom is 0.264 e. The number of aryl methyl sites for hydroxylation is 1. The summed E-state index contributed by atoms with van der Waals surface area (Å²) in [7, 11) is 1.87. The van der Waals surface area contributed by atoms with E-state index in [-0.39, 0.29) is 0 Å². The Kier molecular flexibility index (Phi) is 1.53. The number of rotatable bonds is 1. The molecule has 1 heterocycles. The maximum absolute atomic E-state index is 3.87. The topological polar surface area (TPSA) is 29.1 Å². The lowest BCUT2D eigenvalue weighted by atomic mass is 10.6. The zero-order chi connectivity index (χ0) is 6.69. The van der Waals surface area contributed by atoms with Gasteiger partial charge in [0.2, 0.25) is 6.33 Å². The van der Waals surface area contributed by atoms with Crippen LogP contribution >= 0.6 is 0 Å². The highest BCUT2D eigenvalue weighted by molar-refractivity contribution is 5.34. The van der Waals surface area contributed by atoms with Gasteiger partial charge in [-0.05, 0) is 0 Å². The lowest BCUT2D eigenvalue weighted by Crippen LogP contribution is -2.27. The molecule has 0 radical (unpaired) electrons. The number of aromatic nitrogens is 2. The van der Waals surface area contributed by atoms with Crippen LogP contribution in [0, 0.1) is 0 Å². The maximum atomic E-state index is 3.87. The fraction of sp³-hybridized carbons (Fsp3) is 0.167. The van der Waals surface area contributed by atoms with Crippen LogP contribution in [0.2, 0.25) is 0 Å². The van der Waals surface area contributed by atoms with Gasteiger partial charge in [0.1, 0.15) is 6.20 Å².